The molecule has 1 aromatic heterocycles. The maximum atomic E-state index is 12.6. The molecule has 1 amide bonds. The van der Waals surface area contributed by atoms with Crippen LogP contribution in [0.4, 0.5) is 0 Å². The van der Waals surface area contributed by atoms with Crippen molar-refractivity contribution in [2.45, 2.75) is 6.54 Å². The topological polar surface area (TPSA) is 59.5 Å². The van der Waals surface area contributed by atoms with Crippen molar-refractivity contribution in [3.8, 4) is 0 Å². The lowest BCUT2D eigenvalue weighted by molar-refractivity contribution is 0.0600. The van der Waals surface area contributed by atoms with Gasteiger partial charge in [-0.3, -0.25) is 4.79 Å². The first-order valence-electron chi connectivity index (χ1n) is 6.91. The molecule has 1 aromatic carbocycles. The van der Waals surface area contributed by atoms with E-state index < -0.39 is 5.97 Å². The van der Waals surface area contributed by atoms with Crippen LogP contribution in [-0.2, 0) is 11.3 Å². The summed E-state index contributed by atoms with van der Waals surface area (Å²) in [5, 5.41) is 0. The lowest BCUT2D eigenvalue weighted by Crippen LogP contribution is -2.28. The number of carbonyl (C=O) groups is 2. The van der Waals surface area contributed by atoms with Gasteiger partial charge in [0.05, 0.1) is 24.9 Å². The van der Waals surface area contributed by atoms with Gasteiger partial charge in [0, 0.05) is 11.8 Å². The van der Waals surface area contributed by atoms with E-state index in [9.17, 15) is 9.59 Å². The summed E-state index contributed by atoms with van der Waals surface area (Å²) in [6.45, 7) is 0.382. The summed E-state index contributed by atoms with van der Waals surface area (Å²) in [7, 11) is 1.31. The van der Waals surface area contributed by atoms with Crippen molar-refractivity contribution >= 4 is 33.9 Å². The number of carbonyl (C=O) groups excluding carboxylic acids is 2. The van der Waals surface area contributed by atoms with E-state index in [4.69, 9.17) is 0 Å². The molecule has 0 saturated carbocycles. The zero-order valence-corrected chi connectivity index (χ0v) is 13.9. The standard InChI is InChI=1S/C17H13BrN2O3/c1-23-17(22)13-4-2-3-12(9-13)16(21)20-8-7-11-5-6-15(18)19-14(11)10-20/h2-9H,10H2,1H3. The van der Waals surface area contributed by atoms with Gasteiger partial charge in [-0.1, -0.05) is 12.1 Å². The number of amides is 1. The summed E-state index contributed by atoms with van der Waals surface area (Å²) in [6.07, 6.45) is 3.57. The molecule has 3 rings (SSSR count). The highest BCUT2D eigenvalue weighted by atomic mass is 79.9. The van der Waals surface area contributed by atoms with Gasteiger partial charge in [-0.25, -0.2) is 9.78 Å². The van der Waals surface area contributed by atoms with Gasteiger partial charge in [0.1, 0.15) is 4.60 Å². The molecule has 5 nitrogen and oxygen atoms in total. The number of esters is 1. The van der Waals surface area contributed by atoms with Crippen molar-refractivity contribution in [2.75, 3.05) is 7.11 Å². The van der Waals surface area contributed by atoms with Crippen LogP contribution in [-0.4, -0.2) is 28.9 Å². The molecular formula is C17H13BrN2O3. The Balaban J connectivity index is 1.86. The van der Waals surface area contributed by atoms with E-state index in [0.29, 0.717) is 17.7 Å². The molecule has 1 aliphatic rings. The second-order valence-corrected chi connectivity index (χ2v) is 5.80. The van der Waals surface area contributed by atoms with Crippen molar-refractivity contribution in [3.05, 3.63) is 69.6 Å². The van der Waals surface area contributed by atoms with Gasteiger partial charge in [-0.05, 0) is 51.8 Å². The Morgan fingerprint density at radius 2 is 2.00 bits per heavy atom. The molecule has 6 heteroatoms. The maximum absolute atomic E-state index is 12.6. The number of benzene rings is 1. The van der Waals surface area contributed by atoms with Crippen LogP contribution in [0, 0.1) is 0 Å². The molecule has 0 saturated heterocycles. The molecule has 0 radical (unpaired) electrons. The fourth-order valence-electron chi connectivity index (χ4n) is 2.35. The summed E-state index contributed by atoms with van der Waals surface area (Å²) in [4.78, 5) is 30.2. The minimum atomic E-state index is -0.468. The largest absolute Gasteiger partial charge is 0.465 e. The minimum absolute atomic E-state index is 0.195. The Hall–Kier alpha value is -2.47. The van der Waals surface area contributed by atoms with Crippen LogP contribution in [0.5, 0.6) is 0 Å². The molecule has 1 aliphatic heterocycles. The average molecular weight is 373 g/mol. The first kappa shape index (κ1) is 15.4. The lowest BCUT2D eigenvalue weighted by Gasteiger charge is -2.23. The number of aromatic nitrogens is 1. The third-order valence-corrected chi connectivity index (χ3v) is 3.96. The quantitative estimate of drug-likeness (QED) is 0.599. The third-order valence-electron chi connectivity index (χ3n) is 3.52. The number of halogens is 1. The maximum Gasteiger partial charge on any atom is 0.337 e. The van der Waals surface area contributed by atoms with E-state index in [1.54, 1.807) is 29.3 Å². The Morgan fingerprint density at radius 3 is 2.78 bits per heavy atom. The number of pyridine rings is 1. The number of rotatable bonds is 2. The molecule has 0 bridgehead atoms. The van der Waals surface area contributed by atoms with Gasteiger partial charge in [0.15, 0.2) is 0 Å². The van der Waals surface area contributed by atoms with E-state index in [1.165, 1.54) is 13.2 Å². The van der Waals surface area contributed by atoms with Crippen molar-refractivity contribution in [3.63, 3.8) is 0 Å². The van der Waals surface area contributed by atoms with E-state index in [-0.39, 0.29) is 5.91 Å². The normalized spacial score (nSPS) is 12.7. The molecule has 0 unspecified atom stereocenters. The highest BCUT2D eigenvalue weighted by Crippen LogP contribution is 2.22. The van der Waals surface area contributed by atoms with Crippen LogP contribution in [0.25, 0.3) is 6.08 Å². The predicted octanol–water partition coefficient (Wildman–Crippen LogP) is 3.26. The zero-order chi connectivity index (χ0) is 16.4. The van der Waals surface area contributed by atoms with Crippen molar-refractivity contribution in [1.82, 2.24) is 9.88 Å². The van der Waals surface area contributed by atoms with Crippen LogP contribution in [0.15, 0.2) is 47.2 Å². The number of hydrogen-bond donors (Lipinski definition) is 0. The minimum Gasteiger partial charge on any atom is -0.465 e. The van der Waals surface area contributed by atoms with Crippen molar-refractivity contribution in [2.24, 2.45) is 0 Å². The van der Waals surface area contributed by atoms with Crippen LogP contribution in [0.2, 0.25) is 0 Å². The average Bonchev–Trinajstić information content (AvgIpc) is 2.59. The SMILES string of the molecule is COC(=O)c1cccc(C(=O)N2C=Cc3ccc(Br)nc3C2)c1. The lowest BCUT2D eigenvalue weighted by atomic mass is 10.1. The molecule has 116 valence electrons. The molecule has 2 aromatic rings. The molecular weight excluding hydrogens is 360 g/mol. The van der Waals surface area contributed by atoms with Gasteiger partial charge in [-0.2, -0.15) is 0 Å². The van der Waals surface area contributed by atoms with Gasteiger partial charge in [0.2, 0.25) is 0 Å². The van der Waals surface area contributed by atoms with Gasteiger partial charge >= 0.3 is 5.97 Å². The molecule has 2 heterocycles. The van der Waals surface area contributed by atoms with E-state index in [2.05, 4.69) is 25.7 Å². The molecule has 0 N–H and O–H groups in total. The monoisotopic (exact) mass is 372 g/mol. The molecule has 0 aliphatic carbocycles. The fourth-order valence-corrected chi connectivity index (χ4v) is 2.70. The van der Waals surface area contributed by atoms with Gasteiger partial charge < -0.3 is 9.64 Å². The molecule has 23 heavy (non-hydrogen) atoms. The second-order valence-electron chi connectivity index (χ2n) is 4.99. The number of ether oxygens (including phenoxy) is 1. The zero-order valence-electron chi connectivity index (χ0n) is 12.3. The summed E-state index contributed by atoms with van der Waals surface area (Å²) < 4.78 is 5.41. The first-order valence-corrected chi connectivity index (χ1v) is 7.71. The summed E-state index contributed by atoms with van der Waals surface area (Å²) in [6, 6.07) is 10.3. The summed E-state index contributed by atoms with van der Waals surface area (Å²) >= 11 is 3.34. The second kappa shape index (κ2) is 6.34. The number of methoxy groups -OCH3 is 1. The molecule has 0 spiro atoms. The van der Waals surface area contributed by atoms with Crippen molar-refractivity contribution in [1.29, 1.82) is 0 Å². The third kappa shape index (κ3) is 3.17. The Morgan fingerprint density at radius 1 is 1.22 bits per heavy atom. The Kier molecular flexibility index (Phi) is 4.25. The van der Waals surface area contributed by atoms with Gasteiger partial charge in [0.25, 0.3) is 5.91 Å². The highest BCUT2D eigenvalue weighted by Gasteiger charge is 2.20. The Bertz CT molecular complexity index is 817. The summed E-state index contributed by atoms with van der Waals surface area (Å²) in [5.41, 5.74) is 2.58. The van der Waals surface area contributed by atoms with Crippen LogP contribution in [0.1, 0.15) is 32.0 Å². The summed E-state index contributed by atoms with van der Waals surface area (Å²) in [5.74, 6) is -0.663. The number of nitrogens with zero attached hydrogens (tertiary/aromatic N) is 2. The van der Waals surface area contributed by atoms with E-state index in [0.717, 1.165) is 15.9 Å². The van der Waals surface area contributed by atoms with Crippen molar-refractivity contribution < 1.29 is 14.3 Å². The van der Waals surface area contributed by atoms with E-state index in [1.807, 2.05) is 18.2 Å². The molecule has 0 fully saturated rings. The van der Waals surface area contributed by atoms with Crippen LogP contribution in [0.3, 0.4) is 0 Å². The van der Waals surface area contributed by atoms with Crippen LogP contribution >= 0.6 is 15.9 Å². The fraction of sp³-hybridized carbons (Fsp3) is 0.118. The molecule has 0 atom stereocenters. The number of fused-ring (bicyclic) bond motifs is 1. The smallest absolute Gasteiger partial charge is 0.337 e. The van der Waals surface area contributed by atoms with Crippen LogP contribution < -0.4 is 0 Å². The van der Waals surface area contributed by atoms with Gasteiger partial charge in [-0.15, -0.1) is 0 Å². The van der Waals surface area contributed by atoms with E-state index >= 15 is 0 Å². The highest BCUT2D eigenvalue weighted by molar-refractivity contribution is 9.10. The predicted molar refractivity (Wildman–Crippen MR) is 88.6 cm³/mol. The Labute approximate surface area is 141 Å². The first-order chi connectivity index (χ1) is 11.1. The number of hydrogen-bond acceptors (Lipinski definition) is 4.